The van der Waals surface area contributed by atoms with Gasteiger partial charge in [-0.3, -0.25) is 14.4 Å². The topological polar surface area (TPSA) is 138 Å². The fraction of sp³-hybridized carbons (Fsp3) is 0.143. The minimum Gasteiger partial charge on any atom is -0.493 e. The van der Waals surface area contributed by atoms with E-state index in [1.54, 1.807) is 25.1 Å². The SMILES string of the molecule is CC(Sc1nc(O)c(Cc2ccccc2)c(=O)[nH]1)C(=O)Nc1ccccc1C(N)=O. The highest BCUT2D eigenvalue weighted by Gasteiger charge is 2.20. The third-order valence-corrected chi connectivity index (χ3v) is 5.29. The Morgan fingerprint density at radius 1 is 1.17 bits per heavy atom. The van der Waals surface area contributed by atoms with E-state index in [9.17, 15) is 19.5 Å². The molecule has 3 aromatic rings. The zero-order valence-electron chi connectivity index (χ0n) is 16.1. The number of aromatic nitrogens is 2. The molecular weight excluding hydrogens is 404 g/mol. The Balaban J connectivity index is 1.72. The number of carbonyl (C=O) groups excluding carboxylic acids is 2. The van der Waals surface area contributed by atoms with Gasteiger partial charge in [0.15, 0.2) is 5.16 Å². The van der Waals surface area contributed by atoms with Crippen LogP contribution in [-0.4, -0.2) is 32.1 Å². The normalized spacial score (nSPS) is 11.6. The zero-order valence-corrected chi connectivity index (χ0v) is 16.9. The lowest BCUT2D eigenvalue weighted by atomic mass is 10.1. The van der Waals surface area contributed by atoms with Crippen molar-refractivity contribution in [3.05, 3.63) is 81.6 Å². The van der Waals surface area contributed by atoms with Gasteiger partial charge in [-0.2, -0.15) is 4.98 Å². The molecule has 0 aliphatic heterocycles. The van der Waals surface area contributed by atoms with E-state index >= 15 is 0 Å². The summed E-state index contributed by atoms with van der Waals surface area (Å²) in [5.74, 6) is -1.45. The molecule has 0 aliphatic rings. The largest absolute Gasteiger partial charge is 0.493 e. The van der Waals surface area contributed by atoms with Crippen molar-refractivity contribution in [2.24, 2.45) is 5.73 Å². The van der Waals surface area contributed by atoms with E-state index < -0.39 is 22.6 Å². The molecule has 0 radical (unpaired) electrons. The van der Waals surface area contributed by atoms with Crippen LogP contribution in [0.15, 0.2) is 64.5 Å². The number of carbonyl (C=O) groups is 2. The number of hydrogen-bond donors (Lipinski definition) is 4. The number of thioether (sulfide) groups is 1. The standard InChI is InChI=1S/C21H20N4O4S/c1-12(18(27)23-16-10-6-5-9-14(16)17(22)26)30-21-24-19(28)15(20(29)25-21)11-13-7-3-2-4-8-13/h2-10,12H,11H2,1H3,(H2,22,26)(H,23,27)(H2,24,25,28,29). The van der Waals surface area contributed by atoms with E-state index in [0.29, 0.717) is 5.69 Å². The lowest BCUT2D eigenvalue weighted by molar-refractivity contribution is -0.115. The summed E-state index contributed by atoms with van der Waals surface area (Å²) in [6, 6.07) is 15.6. The number of aromatic amines is 1. The van der Waals surface area contributed by atoms with E-state index in [-0.39, 0.29) is 28.6 Å². The van der Waals surface area contributed by atoms with Crippen molar-refractivity contribution in [2.45, 2.75) is 23.8 Å². The predicted molar refractivity (Wildman–Crippen MR) is 115 cm³/mol. The Morgan fingerprint density at radius 3 is 2.50 bits per heavy atom. The van der Waals surface area contributed by atoms with Crippen LogP contribution in [0.25, 0.3) is 0 Å². The van der Waals surface area contributed by atoms with Gasteiger partial charge in [0.1, 0.15) is 0 Å². The summed E-state index contributed by atoms with van der Waals surface area (Å²) < 4.78 is 0. The van der Waals surface area contributed by atoms with E-state index in [4.69, 9.17) is 5.73 Å². The number of rotatable bonds is 7. The van der Waals surface area contributed by atoms with Crippen molar-refractivity contribution in [3.8, 4) is 5.88 Å². The molecule has 0 bridgehead atoms. The highest BCUT2D eigenvalue weighted by molar-refractivity contribution is 8.00. The second-order valence-electron chi connectivity index (χ2n) is 6.49. The number of nitrogens with one attached hydrogen (secondary N) is 2. The van der Waals surface area contributed by atoms with Crippen LogP contribution in [0.4, 0.5) is 5.69 Å². The van der Waals surface area contributed by atoms with Gasteiger partial charge < -0.3 is 21.1 Å². The van der Waals surface area contributed by atoms with Crippen molar-refractivity contribution in [1.29, 1.82) is 0 Å². The third kappa shape index (κ3) is 5.06. The number of anilines is 1. The minimum absolute atomic E-state index is 0.111. The zero-order chi connectivity index (χ0) is 21.7. The number of aromatic hydroxyl groups is 1. The fourth-order valence-electron chi connectivity index (χ4n) is 2.74. The van der Waals surface area contributed by atoms with E-state index in [2.05, 4.69) is 15.3 Å². The summed E-state index contributed by atoms with van der Waals surface area (Å²) in [4.78, 5) is 43.0. The van der Waals surface area contributed by atoms with Crippen LogP contribution in [0.5, 0.6) is 5.88 Å². The molecule has 3 rings (SSSR count). The first-order chi connectivity index (χ1) is 14.3. The van der Waals surface area contributed by atoms with Gasteiger partial charge in [-0.25, -0.2) is 0 Å². The van der Waals surface area contributed by atoms with E-state index in [0.717, 1.165) is 17.3 Å². The van der Waals surface area contributed by atoms with E-state index in [1.807, 2.05) is 30.3 Å². The second kappa shape index (κ2) is 9.27. The minimum atomic E-state index is -0.673. The number of hydrogen-bond acceptors (Lipinski definition) is 6. The number of nitrogens with zero attached hydrogens (tertiary/aromatic N) is 1. The third-order valence-electron chi connectivity index (χ3n) is 4.30. The second-order valence-corrected chi connectivity index (χ2v) is 7.82. The number of benzene rings is 2. The molecular formula is C21H20N4O4S. The Bertz CT molecular complexity index is 1130. The predicted octanol–water partition coefficient (Wildman–Crippen LogP) is 2.28. The molecule has 0 spiro atoms. The maximum absolute atomic E-state index is 12.5. The quantitative estimate of drug-likeness (QED) is 0.339. The van der Waals surface area contributed by atoms with Crippen molar-refractivity contribution in [1.82, 2.24) is 9.97 Å². The first-order valence-corrected chi connectivity index (χ1v) is 9.95. The fourth-order valence-corrected chi connectivity index (χ4v) is 3.53. The molecule has 9 heteroatoms. The molecule has 0 saturated carbocycles. The van der Waals surface area contributed by atoms with Crippen molar-refractivity contribution in [2.75, 3.05) is 5.32 Å². The number of primary amides is 1. The van der Waals surface area contributed by atoms with E-state index in [1.165, 1.54) is 6.07 Å². The molecule has 1 atom stereocenters. The first kappa shape index (κ1) is 21.1. The number of nitrogens with two attached hydrogens (primary N) is 1. The molecule has 30 heavy (non-hydrogen) atoms. The molecule has 0 fully saturated rings. The monoisotopic (exact) mass is 424 g/mol. The van der Waals surface area contributed by atoms with Crippen molar-refractivity contribution in [3.63, 3.8) is 0 Å². The molecule has 0 aliphatic carbocycles. The molecule has 5 N–H and O–H groups in total. The smallest absolute Gasteiger partial charge is 0.258 e. The van der Waals surface area contributed by atoms with Gasteiger partial charge in [-0.1, -0.05) is 54.2 Å². The average molecular weight is 424 g/mol. The van der Waals surface area contributed by atoms with Crippen molar-refractivity contribution >= 4 is 29.3 Å². The van der Waals surface area contributed by atoms with Crippen LogP contribution in [0, 0.1) is 0 Å². The van der Waals surface area contributed by atoms with Crippen LogP contribution in [-0.2, 0) is 11.2 Å². The highest BCUT2D eigenvalue weighted by atomic mass is 32.2. The summed E-state index contributed by atoms with van der Waals surface area (Å²) in [6.45, 7) is 1.61. The molecule has 1 heterocycles. The van der Waals surface area contributed by atoms with Crippen LogP contribution in [0.3, 0.4) is 0 Å². The number of H-pyrrole nitrogens is 1. The molecule has 2 amide bonds. The lowest BCUT2D eigenvalue weighted by Gasteiger charge is -2.13. The van der Waals surface area contributed by atoms with Gasteiger partial charge in [0, 0.05) is 6.42 Å². The maximum Gasteiger partial charge on any atom is 0.258 e. The summed E-state index contributed by atoms with van der Waals surface area (Å²) in [6.07, 6.45) is 0.236. The maximum atomic E-state index is 12.5. The van der Waals surface area contributed by atoms with Crippen molar-refractivity contribution < 1.29 is 14.7 Å². The van der Waals surface area contributed by atoms with Gasteiger partial charge in [-0.15, -0.1) is 0 Å². The van der Waals surface area contributed by atoms with Crippen LogP contribution in [0.2, 0.25) is 0 Å². The van der Waals surface area contributed by atoms with Gasteiger partial charge >= 0.3 is 0 Å². The lowest BCUT2D eigenvalue weighted by Crippen LogP contribution is -2.25. The number of para-hydroxylation sites is 1. The molecule has 8 nitrogen and oxygen atoms in total. The Hall–Kier alpha value is -3.59. The van der Waals surface area contributed by atoms with Gasteiger partial charge in [0.2, 0.25) is 11.8 Å². The Morgan fingerprint density at radius 2 is 1.83 bits per heavy atom. The molecule has 2 aromatic carbocycles. The molecule has 1 unspecified atom stereocenters. The summed E-state index contributed by atoms with van der Waals surface area (Å²) >= 11 is 0.974. The summed E-state index contributed by atoms with van der Waals surface area (Å²) in [5.41, 5.74) is 6.35. The molecule has 1 aromatic heterocycles. The average Bonchev–Trinajstić information content (AvgIpc) is 2.71. The number of amides is 2. The Labute approximate surface area is 176 Å². The molecule has 154 valence electrons. The van der Waals surface area contributed by atoms with Gasteiger partial charge in [0.25, 0.3) is 11.5 Å². The first-order valence-electron chi connectivity index (χ1n) is 9.07. The van der Waals surface area contributed by atoms with Gasteiger partial charge in [-0.05, 0) is 24.6 Å². The van der Waals surface area contributed by atoms with Gasteiger partial charge in [0.05, 0.1) is 22.1 Å². The van der Waals surface area contributed by atoms with Crippen LogP contribution < -0.4 is 16.6 Å². The van der Waals surface area contributed by atoms with Crippen LogP contribution >= 0.6 is 11.8 Å². The summed E-state index contributed by atoms with van der Waals surface area (Å²) in [5, 5.41) is 12.3. The summed E-state index contributed by atoms with van der Waals surface area (Å²) in [7, 11) is 0. The Kier molecular flexibility index (Phi) is 6.53. The highest BCUT2D eigenvalue weighted by Crippen LogP contribution is 2.24. The molecule has 0 saturated heterocycles. The van der Waals surface area contributed by atoms with Crippen LogP contribution in [0.1, 0.15) is 28.4 Å².